The molecule has 0 saturated carbocycles. The number of aryl methyl sites for hydroxylation is 1. The number of carbonyl (C=O) groups excluding carboxylic acids is 2. The summed E-state index contributed by atoms with van der Waals surface area (Å²) < 4.78 is 4.52. The molecule has 1 N–H and O–H groups in total. The Labute approximate surface area is 108 Å². The summed E-state index contributed by atoms with van der Waals surface area (Å²) in [6.45, 7) is 1.92. The van der Waals surface area contributed by atoms with Crippen LogP contribution in [-0.2, 0) is 9.53 Å². The average molecular weight is 301 g/mol. The topological polar surface area (TPSA) is 68.3 Å². The minimum absolute atomic E-state index is 0.167. The monoisotopic (exact) mass is 300 g/mol. The molecule has 1 amide bonds. The maximum atomic E-state index is 11.8. The molecule has 1 aromatic rings. The molecule has 1 atom stereocenters. The molecule has 0 spiro atoms. The molecule has 0 bridgehead atoms. The van der Waals surface area contributed by atoms with Crippen LogP contribution in [0.1, 0.15) is 16.1 Å². The number of alkyl halides is 1. The van der Waals surface area contributed by atoms with Crippen molar-refractivity contribution in [1.29, 1.82) is 0 Å². The summed E-state index contributed by atoms with van der Waals surface area (Å²) in [5, 5.41) is 2.63. The molecule has 1 aromatic heterocycles. The number of esters is 1. The number of carbonyl (C=O) groups is 2. The minimum Gasteiger partial charge on any atom is -0.468 e. The molecule has 0 aliphatic rings. The number of hydrogen-bond donors (Lipinski definition) is 1. The number of methoxy groups -OCH3 is 1. The van der Waals surface area contributed by atoms with Gasteiger partial charge in [0.15, 0.2) is 0 Å². The third-order valence-corrected chi connectivity index (χ3v) is 2.85. The standard InChI is InChI=1S/C11H13BrN2O3/c1-7-8(4-3-5-13-7)10(15)14-6-9(12)11(16)17-2/h3-5,9H,6H2,1-2H3,(H,14,15). The quantitative estimate of drug-likeness (QED) is 0.667. The van der Waals surface area contributed by atoms with Gasteiger partial charge in [0.2, 0.25) is 0 Å². The van der Waals surface area contributed by atoms with Crippen LogP contribution in [0.4, 0.5) is 0 Å². The minimum atomic E-state index is -0.548. The zero-order valence-corrected chi connectivity index (χ0v) is 11.2. The van der Waals surface area contributed by atoms with Crippen molar-refractivity contribution in [3.05, 3.63) is 29.6 Å². The summed E-state index contributed by atoms with van der Waals surface area (Å²) in [7, 11) is 1.30. The number of pyridine rings is 1. The molecule has 92 valence electrons. The van der Waals surface area contributed by atoms with E-state index < -0.39 is 10.8 Å². The number of rotatable bonds is 4. The van der Waals surface area contributed by atoms with Crippen LogP contribution >= 0.6 is 15.9 Å². The van der Waals surface area contributed by atoms with Gasteiger partial charge >= 0.3 is 5.97 Å². The lowest BCUT2D eigenvalue weighted by atomic mass is 10.2. The maximum Gasteiger partial charge on any atom is 0.321 e. The highest BCUT2D eigenvalue weighted by molar-refractivity contribution is 9.10. The van der Waals surface area contributed by atoms with E-state index in [-0.39, 0.29) is 12.5 Å². The van der Waals surface area contributed by atoms with Gasteiger partial charge in [-0.15, -0.1) is 0 Å². The first kappa shape index (κ1) is 13.6. The van der Waals surface area contributed by atoms with E-state index >= 15 is 0 Å². The first-order chi connectivity index (χ1) is 8.06. The molecule has 1 rings (SSSR count). The van der Waals surface area contributed by atoms with E-state index in [1.807, 2.05) is 0 Å². The third kappa shape index (κ3) is 3.81. The summed E-state index contributed by atoms with van der Waals surface area (Å²) in [6.07, 6.45) is 1.62. The van der Waals surface area contributed by atoms with Crippen molar-refractivity contribution in [3.63, 3.8) is 0 Å². The van der Waals surface area contributed by atoms with Gasteiger partial charge < -0.3 is 10.1 Å². The van der Waals surface area contributed by atoms with Gasteiger partial charge in [-0.3, -0.25) is 14.6 Å². The lowest BCUT2D eigenvalue weighted by Gasteiger charge is -2.10. The van der Waals surface area contributed by atoms with Crippen molar-refractivity contribution in [2.75, 3.05) is 13.7 Å². The Morgan fingerprint density at radius 2 is 2.29 bits per heavy atom. The lowest BCUT2D eigenvalue weighted by molar-refractivity contribution is -0.139. The van der Waals surface area contributed by atoms with Gasteiger partial charge in [0.1, 0.15) is 4.83 Å². The van der Waals surface area contributed by atoms with Crippen LogP contribution in [0.2, 0.25) is 0 Å². The van der Waals surface area contributed by atoms with Crippen LogP contribution in [0.15, 0.2) is 18.3 Å². The summed E-state index contributed by atoms with van der Waals surface area (Å²) in [5.41, 5.74) is 1.14. The maximum absolute atomic E-state index is 11.8. The first-order valence-electron chi connectivity index (χ1n) is 4.98. The van der Waals surface area contributed by atoms with E-state index in [1.54, 1.807) is 25.3 Å². The highest BCUT2D eigenvalue weighted by atomic mass is 79.9. The van der Waals surface area contributed by atoms with Crippen molar-refractivity contribution >= 4 is 27.8 Å². The molecule has 17 heavy (non-hydrogen) atoms. The predicted molar refractivity (Wildman–Crippen MR) is 66.0 cm³/mol. The number of nitrogens with one attached hydrogen (secondary N) is 1. The molecular weight excluding hydrogens is 288 g/mol. The SMILES string of the molecule is COC(=O)C(Br)CNC(=O)c1cccnc1C. The molecule has 0 aromatic carbocycles. The van der Waals surface area contributed by atoms with Crippen LogP contribution in [0.5, 0.6) is 0 Å². The number of hydrogen-bond acceptors (Lipinski definition) is 4. The number of ether oxygens (including phenoxy) is 1. The van der Waals surface area contributed by atoms with Crippen LogP contribution in [0.25, 0.3) is 0 Å². The lowest BCUT2D eigenvalue weighted by Crippen LogP contribution is -2.34. The van der Waals surface area contributed by atoms with Gasteiger partial charge in [0, 0.05) is 18.4 Å². The third-order valence-electron chi connectivity index (χ3n) is 2.15. The van der Waals surface area contributed by atoms with Crippen LogP contribution in [-0.4, -0.2) is 35.3 Å². The fraction of sp³-hybridized carbons (Fsp3) is 0.364. The molecule has 5 nitrogen and oxygen atoms in total. The molecule has 1 unspecified atom stereocenters. The zero-order chi connectivity index (χ0) is 12.8. The van der Waals surface area contributed by atoms with Crippen LogP contribution in [0.3, 0.4) is 0 Å². The normalized spacial score (nSPS) is 11.7. The Kier molecular flexibility index (Phi) is 5.09. The van der Waals surface area contributed by atoms with Crippen LogP contribution in [0, 0.1) is 6.92 Å². The molecule has 0 fully saturated rings. The zero-order valence-electron chi connectivity index (χ0n) is 9.57. The van der Waals surface area contributed by atoms with E-state index in [2.05, 4.69) is 31.0 Å². The van der Waals surface area contributed by atoms with E-state index in [4.69, 9.17) is 0 Å². The van der Waals surface area contributed by atoms with Crippen molar-refractivity contribution in [2.45, 2.75) is 11.8 Å². The molecule has 0 aliphatic heterocycles. The van der Waals surface area contributed by atoms with E-state index in [9.17, 15) is 9.59 Å². The summed E-state index contributed by atoms with van der Waals surface area (Å²) in [4.78, 5) is 26.3. The average Bonchev–Trinajstić information content (AvgIpc) is 2.35. The molecule has 1 heterocycles. The van der Waals surface area contributed by atoms with Gasteiger partial charge in [0.25, 0.3) is 5.91 Å². The van der Waals surface area contributed by atoms with Gasteiger partial charge in [-0.1, -0.05) is 15.9 Å². The van der Waals surface area contributed by atoms with Crippen molar-refractivity contribution < 1.29 is 14.3 Å². The fourth-order valence-corrected chi connectivity index (χ4v) is 1.56. The molecule has 0 radical (unpaired) electrons. The van der Waals surface area contributed by atoms with Gasteiger partial charge in [-0.2, -0.15) is 0 Å². The second kappa shape index (κ2) is 6.34. The fourth-order valence-electron chi connectivity index (χ4n) is 1.21. The molecule has 0 aliphatic carbocycles. The molecule has 0 saturated heterocycles. The Balaban J connectivity index is 2.57. The Bertz CT molecular complexity index is 423. The number of amides is 1. The predicted octanol–water partition coefficient (Wildman–Crippen LogP) is 1.06. The van der Waals surface area contributed by atoms with Gasteiger partial charge in [-0.25, -0.2) is 0 Å². The molecular formula is C11H13BrN2O3. The van der Waals surface area contributed by atoms with Crippen molar-refractivity contribution in [3.8, 4) is 0 Å². The largest absolute Gasteiger partial charge is 0.468 e. The Morgan fingerprint density at radius 3 is 2.88 bits per heavy atom. The van der Waals surface area contributed by atoms with E-state index in [1.165, 1.54) is 7.11 Å². The summed E-state index contributed by atoms with van der Waals surface area (Å²) in [5.74, 6) is -0.683. The summed E-state index contributed by atoms with van der Waals surface area (Å²) in [6, 6.07) is 3.37. The number of halogens is 1. The second-order valence-electron chi connectivity index (χ2n) is 3.34. The highest BCUT2D eigenvalue weighted by Crippen LogP contribution is 2.04. The molecule has 6 heteroatoms. The summed E-state index contributed by atoms with van der Waals surface area (Å²) >= 11 is 3.12. The second-order valence-corrected chi connectivity index (χ2v) is 4.44. The van der Waals surface area contributed by atoms with Gasteiger partial charge in [-0.05, 0) is 19.1 Å². The van der Waals surface area contributed by atoms with E-state index in [0.717, 1.165) is 0 Å². The first-order valence-corrected chi connectivity index (χ1v) is 5.89. The van der Waals surface area contributed by atoms with E-state index in [0.29, 0.717) is 11.3 Å². The number of aromatic nitrogens is 1. The Morgan fingerprint density at radius 1 is 1.59 bits per heavy atom. The van der Waals surface area contributed by atoms with Crippen molar-refractivity contribution in [2.24, 2.45) is 0 Å². The van der Waals surface area contributed by atoms with Crippen LogP contribution < -0.4 is 5.32 Å². The Hall–Kier alpha value is -1.43. The smallest absolute Gasteiger partial charge is 0.321 e. The van der Waals surface area contributed by atoms with Crippen molar-refractivity contribution in [1.82, 2.24) is 10.3 Å². The number of nitrogens with zero attached hydrogens (tertiary/aromatic N) is 1. The highest BCUT2D eigenvalue weighted by Gasteiger charge is 2.17. The van der Waals surface area contributed by atoms with Gasteiger partial charge in [0.05, 0.1) is 12.7 Å².